The van der Waals surface area contributed by atoms with Gasteiger partial charge < -0.3 is 9.32 Å². The number of benzene rings is 2. The molecule has 0 aliphatic rings. The molecule has 0 atom stereocenters. The first kappa shape index (κ1) is 20.3. The van der Waals surface area contributed by atoms with E-state index in [0.717, 1.165) is 23.9 Å². The molecule has 3 aromatic rings. The number of rotatable bonds is 2. The largest absolute Gasteiger partial charge is 0.422 e. The molecule has 0 radical (unpaired) electrons. The summed E-state index contributed by atoms with van der Waals surface area (Å²) in [5, 5.41) is 0.127. The molecule has 0 bridgehead atoms. The van der Waals surface area contributed by atoms with Crippen LogP contribution in [-0.2, 0) is 6.18 Å². The molecule has 3 rings (SSSR count). The maximum atomic E-state index is 13.4. The lowest BCUT2D eigenvalue weighted by atomic mass is 10.00. The van der Waals surface area contributed by atoms with Crippen molar-refractivity contribution in [1.82, 2.24) is 4.90 Å². The highest BCUT2D eigenvalue weighted by molar-refractivity contribution is 8.13. The fourth-order valence-corrected chi connectivity index (χ4v) is 3.38. The molecular formula is C19H13ClF3NO3S. The van der Waals surface area contributed by atoms with Crippen LogP contribution in [0.5, 0.6) is 0 Å². The van der Waals surface area contributed by atoms with Crippen LogP contribution in [0.25, 0.3) is 22.1 Å². The summed E-state index contributed by atoms with van der Waals surface area (Å²) in [4.78, 5) is 26.1. The van der Waals surface area contributed by atoms with Crippen molar-refractivity contribution in [2.24, 2.45) is 0 Å². The Kier molecular flexibility index (Phi) is 5.45. The number of hydrogen-bond donors (Lipinski definition) is 0. The van der Waals surface area contributed by atoms with Gasteiger partial charge in [0.05, 0.1) is 11.1 Å². The van der Waals surface area contributed by atoms with Crippen molar-refractivity contribution in [2.75, 3.05) is 14.1 Å². The zero-order chi connectivity index (χ0) is 20.6. The number of fused-ring (bicyclic) bond motifs is 1. The van der Waals surface area contributed by atoms with Gasteiger partial charge >= 0.3 is 11.8 Å². The molecule has 0 spiro atoms. The topological polar surface area (TPSA) is 50.5 Å². The van der Waals surface area contributed by atoms with E-state index in [4.69, 9.17) is 16.0 Å². The van der Waals surface area contributed by atoms with Crippen molar-refractivity contribution in [3.63, 3.8) is 0 Å². The van der Waals surface area contributed by atoms with Gasteiger partial charge in [-0.25, -0.2) is 4.79 Å². The Labute approximate surface area is 166 Å². The molecule has 1 heterocycles. The van der Waals surface area contributed by atoms with Crippen LogP contribution in [0.3, 0.4) is 0 Å². The third-order valence-electron chi connectivity index (χ3n) is 3.85. The first-order chi connectivity index (χ1) is 13.1. The maximum Gasteiger partial charge on any atom is 0.417 e. The number of alkyl halides is 3. The van der Waals surface area contributed by atoms with E-state index >= 15 is 0 Å². The van der Waals surface area contributed by atoms with Crippen molar-refractivity contribution >= 4 is 39.6 Å². The molecule has 9 heteroatoms. The van der Waals surface area contributed by atoms with Gasteiger partial charge in [-0.2, -0.15) is 13.2 Å². The number of thioether (sulfide) groups is 1. The monoisotopic (exact) mass is 427 g/mol. The summed E-state index contributed by atoms with van der Waals surface area (Å²) in [5.74, 6) is 0. The average molecular weight is 428 g/mol. The molecule has 0 fully saturated rings. The second-order valence-corrected chi connectivity index (χ2v) is 7.56. The van der Waals surface area contributed by atoms with Crippen LogP contribution >= 0.6 is 23.4 Å². The molecule has 4 nitrogen and oxygen atoms in total. The van der Waals surface area contributed by atoms with E-state index in [1.54, 1.807) is 26.2 Å². The van der Waals surface area contributed by atoms with E-state index in [1.165, 1.54) is 23.1 Å². The summed E-state index contributed by atoms with van der Waals surface area (Å²) in [5.41, 5.74) is -2.29. The van der Waals surface area contributed by atoms with E-state index < -0.39 is 17.4 Å². The Morgan fingerprint density at radius 3 is 2.43 bits per heavy atom. The minimum absolute atomic E-state index is 0.0894. The number of amides is 1. The molecule has 1 aromatic heterocycles. The summed E-state index contributed by atoms with van der Waals surface area (Å²) in [6.45, 7) is 0. The van der Waals surface area contributed by atoms with Crippen molar-refractivity contribution in [2.45, 2.75) is 11.1 Å². The fourth-order valence-electron chi connectivity index (χ4n) is 2.52. The number of carbonyl (C=O) groups excluding carboxylic acids is 1. The van der Waals surface area contributed by atoms with Crippen molar-refractivity contribution in [3.8, 4) is 11.1 Å². The van der Waals surface area contributed by atoms with Gasteiger partial charge in [0.1, 0.15) is 5.58 Å². The zero-order valence-electron chi connectivity index (χ0n) is 14.6. The van der Waals surface area contributed by atoms with Crippen molar-refractivity contribution in [3.05, 3.63) is 63.5 Å². The first-order valence-corrected chi connectivity index (χ1v) is 9.10. The lowest BCUT2D eigenvalue weighted by Crippen LogP contribution is -2.16. The lowest BCUT2D eigenvalue weighted by molar-refractivity contribution is -0.137. The Morgan fingerprint density at radius 2 is 1.79 bits per heavy atom. The third kappa shape index (κ3) is 4.18. The summed E-state index contributed by atoms with van der Waals surface area (Å²) < 4.78 is 45.3. The molecule has 0 N–H and O–H groups in total. The Bertz CT molecular complexity index is 1130. The minimum atomic E-state index is -4.69. The molecule has 0 aliphatic heterocycles. The van der Waals surface area contributed by atoms with Gasteiger partial charge in [-0.15, -0.1) is 0 Å². The zero-order valence-corrected chi connectivity index (χ0v) is 16.2. The summed E-state index contributed by atoms with van der Waals surface area (Å²) >= 11 is 6.63. The van der Waals surface area contributed by atoms with Crippen LogP contribution in [0, 0.1) is 0 Å². The van der Waals surface area contributed by atoms with Crippen molar-refractivity contribution < 1.29 is 22.4 Å². The molecule has 0 aliphatic carbocycles. The number of hydrogen-bond acceptors (Lipinski definition) is 4. The van der Waals surface area contributed by atoms with Gasteiger partial charge in [-0.3, -0.25) is 4.79 Å². The predicted octanol–water partition coefficient (Wildman–Crippen LogP) is 5.91. The molecule has 0 unspecified atom stereocenters. The summed E-state index contributed by atoms with van der Waals surface area (Å²) in [7, 11) is 3.21. The SMILES string of the molecule is CN(C)C(=O)Sc1ccc2cc(-c3ccc(Cl)cc3C(F)(F)F)c(=O)oc2c1. The van der Waals surface area contributed by atoms with Gasteiger partial charge in [0.15, 0.2) is 0 Å². The summed E-state index contributed by atoms with van der Waals surface area (Å²) in [6, 6.07) is 9.24. The van der Waals surface area contributed by atoms with Gasteiger partial charge in [-0.05, 0) is 42.1 Å². The first-order valence-electron chi connectivity index (χ1n) is 7.90. The molecule has 0 saturated carbocycles. The van der Waals surface area contributed by atoms with Crippen LogP contribution < -0.4 is 5.63 Å². The van der Waals surface area contributed by atoms with E-state index in [0.29, 0.717) is 10.3 Å². The van der Waals surface area contributed by atoms with E-state index in [9.17, 15) is 22.8 Å². The highest BCUT2D eigenvalue weighted by Gasteiger charge is 2.34. The number of nitrogens with zero attached hydrogens (tertiary/aromatic N) is 1. The average Bonchev–Trinajstić information content (AvgIpc) is 2.60. The quantitative estimate of drug-likeness (QED) is 0.377. The minimum Gasteiger partial charge on any atom is -0.422 e. The van der Waals surface area contributed by atoms with Crippen LogP contribution in [-0.4, -0.2) is 24.2 Å². The van der Waals surface area contributed by atoms with Crippen LogP contribution in [0.2, 0.25) is 5.02 Å². The predicted molar refractivity (Wildman–Crippen MR) is 103 cm³/mol. The van der Waals surface area contributed by atoms with Crippen LogP contribution in [0.1, 0.15) is 5.56 Å². The Balaban J connectivity index is 2.12. The van der Waals surface area contributed by atoms with Gasteiger partial charge in [0, 0.05) is 35.0 Å². The second-order valence-electron chi connectivity index (χ2n) is 6.10. The molecule has 0 saturated heterocycles. The number of halogens is 4. The van der Waals surface area contributed by atoms with E-state index in [2.05, 4.69) is 0 Å². The standard InChI is InChI=1S/C19H13ClF3NO3S/c1-24(2)18(26)28-12-5-3-10-7-14(17(25)27-16(10)9-12)13-6-4-11(20)8-15(13)19(21,22)23/h3-9H,1-2H3. The molecule has 28 heavy (non-hydrogen) atoms. The smallest absolute Gasteiger partial charge is 0.417 e. The second kappa shape index (κ2) is 7.52. The van der Waals surface area contributed by atoms with Crippen LogP contribution in [0.4, 0.5) is 18.0 Å². The Morgan fingerprint density at radius 1 is 1.07 bits per heavy atom. The van der Waals surface area contributed by atoms with Crippen LogP contribution in [0.15, 0.2) is 56.6 Å². The van der Waals surface area contributed by atoms with E-state index in [-0.39, 0.29) is 27.0 Å². The Hall–Kier alpha value is -2.45. The van der Waals surface area contributed by atoms with Gasteiger partial charge in [-0.1, -0.05) is 23.7 Å². The lowest BCUT2D eigenvalue weighted by Gasteiger charge is -2.13. The molecular weight excluding hydrogens is 415 g/mol. The molecule has 2 aromatic carbocycles. The molecule has 1 amide bonds. The van der Waals surface area contributed by atoms with Gasteiger partial charge in [0.25, 0.3) is 5.24 Å². The number of carbonyl (C=O) groups is 1. The van der Waals surface area contributed by atoms with E-state index in [1.807, 2.05) is 0 Å². The van der Waals surface area contributed by atoms with Crippen molar-refractivity contribution in [1.29, 1.82) is 0 Å². The fraction of sp³-hybridized carbons (Fsp3) is 0.158. The third-order valence-corrected chi connectivity index (χ3v) is 5.12. The maximum absolute atomic E-state index is 13.4. The molecule has 146 valence electrons. The van der Waals surface area contributed by atoms with Gasteiger partial charge in [0.2, 0.25) is 0 Å². The highest BCUT2D eigenvalue weighted by atomic mass is 35.5. The summed E-state index contributed by atoms with van der Waals surface area (Å²) in [6.07, 6.45) is -4.69. The normalized spacial score (nSPS) is 11.6. The highest BCUT2D eigenvalue weighted by Crippen LogP contribution is 2.38.